The van der Waals surface area contributed by atoms with Crippen molar-refractivity contribution < 1.29 is 24.2 Å². The Labute approximate surface area is 119 Å². The third-order valence-corrected chi connectivity index (χ3v) is 2.26. The van der Waals surface area contributed by atoms with E-state index in [1.807, 2.05) is 0 Å². The first-order valence-corrected chi connectivity index (χ1v) is 6.52. The summed E-state index contributed by atoms with van der Waals surface area (Å²) in [5, 5.41) is 13.5. The van der Waals surface area contributed by atoms with Gasteiger partial charge in [-0.25, -0.2) is 4.79 Å². The highest BCUT2D eigenvalue weighted by Gasteiger charge is 2.26. The summed E-state index contributed by atoms with van der Waals surface area (Å²) in [6.45, 7) is 8.75. The van der Waals surface area contributed by atoms with E-state index in [4.69, 9.17) is 9.84 Å². The van der Waals surface area contributed by atoms with E-state index in [0.29, 0.717) is 0 Å². The van der Waals surface area contributed by atoms with Crippen molar-refractivity contribution >= 4 is 18.0 Å². The molecule has 116 valence electrons. The number of carboxylic acids is 1. The number of carboxylic acid groups (broad SMARTS) is 1. The zero-order valence-corrected chi connectivity index (χ0v) is 12.6. The van der Waals surface area contributed by atoms with Crippen LogP contribution in [0.3, 0.4) is 0 Å². The Bertz CT molecular complexity index is 360. The number of hydrogen-bond acceptors (Lipinski definition) is 4. The van der Waals surface area contributed by atoms with Crippen LogP contribution in [0.2, 0.25) is 0 Å². The summed E-state index contributed by atoms with van der Waals surface area (Å²) in [4.78, 5) is 33.9. The van der Waals surface area contributed by atoms with Gasteiger partial charge >= 0.3 is 12.1 Å². The van der Waals surface area contributed by atoms with Gasteiger partial charge in [-0.05, 0) is 26.7 Å². The second kappa shape index (κ2) is 7.72. The maximum atomic E-state index is 11.9. The average Bonchev–Trinajstić information content (AvgIpc) is 2.22. The second-order valence-electron chi connectivity index (χ2n) is 5.80. The van der Waals surface area contributed by atoms with Crippen molar-refractivity contribution in [2.75, 3.05) is 6.54 Å². The summed E-state index contributed by atoms with van der Waals surface area (Å²) in [5.74, 6) is -1.56. The zero-order chi connectivity index (χ0) is 15.9. The summed E-state index contributed by atoms with van der Waals surface area (Å²) < 4.78 is 5.09. The van der Waals surface area contributed by atoms with Crippen molar-refractivity contribution in [1.29, 1.82) is 0 Å². The van der Waals surface area contributed by atoms with Crippen molar-refractivity contribution in [3.63, 3.8) is 0 Å². The molecule has 1 unspecified atom stereocenters. The number of rotatable bonds is 6. The minimum Gasteiger partial charge on any atom is -0.481 e. The Kier molecular flexibility index (Phi) is 7.02. The van der Waals surface area contributed by atoms with Crippen molar-refractivity contribution in [2.45, 2.75) is 52.7 Å². The SMILES string of the molecule is CC(C)C(NC(=O)OC(C)(C)C)C(=O)NCCC(=O)O. The van der Waals surface area contributed by atoms with Crippen LogP contribution in [0.25, 0.3) is 0 Å². The molecular weight excluding hydrogens is 264 g/mol. The lowest BCUT2D eigenvalue weighted by Crippen LogP contribution is -2.51. The van der Waals surface area contributed by atoms with Gasteiger partial charge in [-0.3, -0.25) is 9.59 Å². The van der Waals surface area contributed by atoms with Crippen LogP contribution in [-0.2, 0) is 14.3 Å². The van der Waals surface area contributed by atoms with E-state index in [-0.39, 0.29) is 18.9 Å². The van der Waals surface area contributed by atoms with Crippen LogP contribution in [0.5, 0.6) is 0 Å². The summed E-state index contributed by atoms with van der Waals surface area (Å²) in [6, 6.07) is -0.765. The molecule has 2 amide bonds. The van der Waals surface area contributed by atoms with Gasteiger partial charge in [0.25, 0.3) is 0 Å². The third-order valence-electron chi connectivity index (χ3n) is 2.26. The summed E-state index contributed by atoms with van der Waals surface area (Å²) in [7, 11) is 0. The monoisotopic (exact) mass is 288 g/mol. The highest BCUT2D eigenvalue weighted by molar-refractivity contribution is 5.86. The topological polar surface area (TPSA) is 105 Å². The highest BCUT2D eigenvalue weighted by Crippen LogP contribution is 2.08. The molecular formula is C13H24N2O5. The highest BCUT2D eigenvalue weighted by atomic mass is 16.6. The van der Waals surface area contributed by atoms with Crippen LogP contribution in [0, 0.1) is 5.92 Å². The fraction of sp³-hybridized carbons (Fsp3) is 0.769. The molecule has 0 aromatic heterocycles. The molecule has 0 saturated heterocycles. The van der Waals surface area contributed by atoms with Gasteiger partial charge < -0.3 is 20.5 Å². The van der Waals surface area contributed by atoms with Gasteiger partial charge in [0.2, 0.25) is 5.91 Å². The molecule has 0 heterocycles. The van der Waals surface area contributed by atoms with Gasteiger partial charge in [-0.1, -0.05) is 13.8 Å². The summed E-state index contributed by atoms with van der Waals surface area (Å²) in [5.41, 5.74) is -0.647. The first-order valence-electron chi connectivity index (χ1n) is 6.52. The molecule has 0 bridgehead atoms. The van der Waals surface area contributed by atoms with Crippen LogP contribution in [-0.4, -0.2) is 41.3 Å². The molecule has 7 heteroatoms. The van der Waals surface area contributed by atoms with Gasteiger partial charge in [0.15, 0.2) is 0 Å². The number of nitrogens with one attached hydrogen (secondary N) is 2. The number of ether oxygens (including phenoxy) is 1. The maximum absolute atomic E-state index is 11.9. The molecule has 0 spiro atoms. The van der Waals surface area contributed by atoms with E-state index in [1.54, 1.807) is 34.6 Å². The number of alkyl carbamates (subject to hydrolysis) is 1. The van der Waals surface area contributed by atoms with E-state index in [0.717, 1.165) is 0 Å². The molecule has 0 aromatic rings. The number of hydrogen-bond donors (Lipinski definition) is 3. The number of carbonyl (C=O) groups excluding carboxylic acids is 2. The van der Waals surface area contributed by atoms with E-state index < -0.39 is 29.6 Å². The molecule has 20 heavy (non-hydrogen) atoms. The lowest BCUT2D eigenvalue weighted by atomic mass is 10.0. The van der Waals surface area contributed by atoms with Crippen LogP contribution in [0.15, 0.2) is 0 Å². The minimum absolute atomic E-state index is 0.0212. The first kappa shape index (κ1) is 18.2. The van der Waals surface area contributed by atoms with Crippen molar-refractivity contribution in [1.82, 2.24) is 10.6 Å². The predicted octanol–water partition coefficient (Wildman–Crippen LogP) is 1.13. The van der Waals surface area contributed by atoms with Crippen molar-refractivity contribution in [3.8, 4) is 0 Å². The van der Waals surface area contributed by atoms with Crippen LogP contribution in [0.1, 0.15) is 41.0 Å². The second-order valence-corrected chi connectivity index (χ2v) is 5.80. The normalized spacial score (nSPS) is 12.7. The molecule has 0 radical (unpaired) electrons. The zero-order valence-electron chi connectivity index (χ0n) is 12.6. The van der Waals surface area contributed by atoms with Gasteiger partial charge in [0.05, 0.1) is 6.42 Å². The Balaban J connectivity index is 4.45. The Hall–Kier alpha value is -1.79. The molecule has 0 aliphatic carbocycles. The van der Waals surface area contributed by atoms with E-state index >= 15 is 0 Å². The third kappa shape index (κ3) is 8.34. The number of aliphatic carboxylic acids is 1. The maximum Gasteiger partial charge on any atom is 0.408 e. The molecule has 0 aromatic carbocycles. The molecule has 0 saturated carbocycles. The molecule has 0 aliphatic rings. The van der Waals surface area contributed by atoms with Gasteiger partial charge in [0, 0.05) is 6.54 Å². The molecule has 1 atom stereocenters. The van der Waals surface area contributed by atoms with Gasteiger partial charge in [0.1, 0.15) is 11.6 Å². The van der Waals surface area contributed by atoms with E-state index in [1.165, 1.54) is 0 Å². The van der Waals surface area contributed by atoms with Crippen molar-refractivity contribution in [2.24, 2.45) is 5.92 Å². The molecule has 0 fully saturated rings. The minimum atomic E-state index is -0.994. The number of amides is 2. The summed E-state index contributed by atoms with van der Waals surface area (Å²) >= 11 is 0. The van der Waals surface area contributed by atoms with E-state index in [9.17, 15) is 14.4 Å². The summed E-state index contributed by atoms with van der Waals surface area (Å²) in [6.07, 6.45) is -0.840. The lowest BCUT2D eigenvalue weighted by molar-refractivity contribution is -0.137. The lowest BCUT2D eigenvalue weighted by Gasteiger charge is -2.25. The van der Waals surface area contributed by atoms with Crippen LogP contribution >= 0.6 is 0 Å². The van der Waals surface area contributed by atoms with Gasteiger partial charge in [-0.2, -0.15) is 0 Å². The van der Waals surface area contributed by atoms with E-state index in [2.05, 4.69) is 10.6 Å². The first-order chi connectivity index (χ1) is 9.03. The molecule has 3 N–H and O–H groups in total. The van der Waals surface area contributed by atoms with Crippen LogP contribution in [0.4, 0.5) is 4.79 Å². The predicted molar refractivity (Wildman–Crippen MR) is 73.3 cm³/mol. The molecule has 0 aliphatic heterocycles. The fourth-order valence-corrected chi connectivity index (χ4v) is 1.37. The Morgan fingerprint density at radius 2 is 1.75 bits per heavy atom. The quantitative estimate of drug-likeness (QED) is 0.679. The van der Waals surface area contributed by atoms with Crippen molar-refractivity contribution in [3.05, 3.63) is 0 Å². The van der Waals surface area contributed by atoms with Gasteiger partial charge in [-0.15, -0.1) is 0 Å². The molecule has 7 nitrogen and oxygen atoms in total. The standard InChI is InChI=1S/C13H24N2O5/c1-8(2)10(11(18)14-7-6-9(16)17)15-12(19)20-13(3,4)5/h8,10H,6-7H2,1-5H3,(H,14,18)(H,15,19)(H,16,17). The molecule has 0 rings (SSSR count). The smallest absolute Gasteiger partial charge is 0.408 e. The average molecular weight is 288 g/mol. The largest absolute Gasteiger partial charge is 0.481 e. The van der Waals surface area contributed by atoms with Crippen LogP contribution < -0.4 is 10.6 Å². The number of carbonyl (C=O) groups is 3. The fourth-order valence-electron chi connectivity index (χ4n) is 1.37. The Morgan fingerprint density at radius 3 is 2.15 bits per heavy atom. The Morgan fingerprint density at radius 1 is 1.20 bits per heavy atom.